The van der Waals surface area contributed by atoms with Crippen LogP contribution in [0.5, 0.6) is 0 Å². The van der Waals surface area contributed by atoms with E-state index >= 15 is 0 Å². The minimum atomic E-state index is -0.616. The highest BCUT2D eigenvalue weighted by atomic mass is 19.1. The van der Waals surface area contributed by atoms with Gasteiger partial charge in [-0.2, -0.15) is 0 Å². The van der Waals surface area contributed by atoms with Gasteiger partial charge < -0.3 is 4.74 Å². The Morgan fingerprint density at radius 2 is 1.33 bits per heavy atom. The lowest BCUT2D eigenvalue weighted by Gasteiger charge is -2.08. The third-order valence-electron chi connectivity index (χ3n) is 5.20. The quantitative estimate of drug-likeness (QED) is 0.273. The molecular formula is C27H29FO2. The Balaban J connectivity index is 1.71. The summed E-state index contributed by atoms with van der Waals surface area (Å²) in [7, 11) is 0. The lowest BCUT2D eigenvalue weighted by Crippen LogP contribution is -2.08. The zero-order valence-corrected chi connectivity index (χ0v) is 17.8. The molecule has 0 bridgehead atoms. The molecule has 0 aliphatic rings. The first-order chi connectivity index (χ1) is 14.6. The first-order valence-electron chi connectivity index (χ1n) is 10.8. The van der Waals surface area contributed by atoms with Gasteiger partial charge in [-0.3, -0.25) is 0 Å². The maximum atomic E-state index is 14.4. The number of halogens is 1. The van der Waals surface area contributed by atoms with Crippen LogP contribution in [0.25, 0.3) is 22.3 Å². The van der Waals surface area contributed by atoms with Crippen molar-refractivity contribution in [1.29, 1.82) is 0 Å². The van der Waals surface area contributed by atoms with E-state index in [0.29, 0.717) is 13.0 Å². The summed E-state index contributed by atoms with van der Waals surface area (Å²) in [6.45, 7) is 4.41. The van der Waals surface area contributed by atoms with Crippen molar-refractivity contribution in [3.8, 4) is 22.3 Å². The van der Waals surface area contributed by atoms with E-state index in [2.05, 4.69) is 31.2 Å². The van der Waals surface area contributed by atoms with Crippen LogP contribution in [0, 0.1) is 5.82 Å². The molecule has 3 aromatic carbocycles. The molecule has 0 aliphatic carbocycles. The first kappa shape index (κ1) is 21.8. The Bertz CT molecular complexity index is 959. The number of ether oxygens (including phenoxy) is 1. The second-order valence-corrected chi connectivity index (χ2v) is 7.56. The summed E-state index contributed by atoms with van der Waals surface area (Å²) >= 11 is 0. The summed E-state index contributed by atoms with van der Waals surface area (Å²) < 4.78 is 19.4. The van der Waals surface area contributed by atoms with Gasteiger partial charge >= 0.3 is 5.97 Å². The summed E-state index contributed by atoms with van der Waals surface area (Å²) in [5.41, 5.74) is 5.28. The summed E-state index contributed by atoms with van der Waals surface area (Å²) in [5.74, 6) is -1.18. The van der Waals surface area contributed by atoms with Crippen molar-refractivity contribution in [2.45, 2.75) is 46.0 Å². The standard InChI is InChI=1S/C27H29FO2/c1-3-5-6-7-20-8-10-21(11-9-20)22-12-14-23(15-13-22)24-16-17-25(26(28)19-24)27(29)30-18-4-2/h8-17,19H,3-7,18H2,1-2H3. The lowest BCUT2D eigenvalue weighted by molar-refractivity contribution is 0.0500. The minimum Gasteiger partial charge on any atom is -0.462 e. The molecule has 0 amide bonds. The van der Waals surface area contributed by atoms with Gasteiger partial charge in [0.05, 0.1) is 12.2 Å². The second kappa shape index (κ2) is 10.7. The van der Waals surface area contributed by atoms with Crippen molar-refractivity contribution < 1.29 is 13.9 Å². The molecule has 0 spiro atoms. The number of esters is 1. The highest BCUT2D eigenvalue weighted by molar-refractivity contribution is 5.90. The number of rotatable bonds is 9. The van der Waals surface area contributed by atoms with Crippen LogP contribution in [0.4, 0.5) is 4.39 Å². The topological polar surface area (TPSA) is 26.3 Å². The van der Waals surface area contributed by atoms with Crippen molar-refractivity contribution in [2.24, 2.45) is 0 Å². The molecule has 0 atom stereocenters. The van der Waals surface area contributed by atoms with Gasteiger partial charge in [-0.25, -0.2) is 9.18 Å². The number of hydrogen-bond acceptors (Lipinski definition) is 2. The smallest absolute Gasteiger partial charge is 0.341 e. The van der Waals surface area contributed by atoms with Crippen LogP contribution < -0.4 is 0 Å². The Morgan fingerprint density at radius 3 is 1.90 bits per heavy atom. The van der Waals surface area contributed by atoms with Crippen LogP contribution in [0.3, 0.4) is 0 Å². The fourth-order valence-electron chi connectivity index (χ4n) is 3.43. The first-order valence-corrected chi connectivity index (χ1v) is 10.8. The normalized spacial score (nSPS) is 10.8. The number of aryl methyl sites for hydroxylation is 1. The largest absolute Gasteiger partial charge is 0.462 e. The molecule has 0 aliphatic heterocycles. The maximum Gasteiger partial charge on any atom is 0.341 e. The van der Waals surface area contributed by atoms with E-state index in [1.165, 1.54) is 42.5 Å². The average molecular weight is 405 g/mol. The van der Waals surface area contributed by atoms with Gasteiger partial charge in [0, 0.05) is 0 Å². The van der Waals surface area contributed by atoms with Crippen molar-refractivity contribution >= 4 is 5.97 Å². The van der Waals surface area contributed by atoms with E-state index in [9.17, 15) is 9.18 Å². The highest BCUT2D eigenvalue weighted by Crippen LogP contribution is 2.27. The Hall–Kier alpha value is -2.94. The number of carbonyl (C=O) groups is 1. The van der Waals surface area contributed by atoms with Crippen LogP contribution in [0.15, 0.2) is 66.7 Å². The fraction of sp³-hybridized carbons (Fsp3) is 0.296. The molecule has 3 rings (SSSR count). The average Bonchev–Trinajstić information content (AvgIpc) is 2.78. The zero-order chi connectivity index (χ0) is 21.3. The van der Waals surface area contributed by atoms with Crippen LogP contribution in [0.1, 0.15) is 55.5 Å². The predicted octanol–water partition coefficient (Wildman–Crippen LogP) is 7.46. The number of benzene rings is 3. The minimum absolute atomic E-state index is 0.0251. The molecule has 30 heavy (non-hydrogen) atoms. The van der Waals surface area contributed by atoms with E-state index in [1.54, 1.807) is 6.07 Å². The van der Waals surface area contributed by atoms with Crippen LogP contribution in [-0.4, -0.2) is 12.6 Å². The molecule has 3 heteroatoms. The summed E-state index contributed by atoms with van der Waals surface area (Å²) in [5, 5.41) is 0. The van der Waals surface area contributed by atoms with Crippen molar-refractivity contribution in [1.82, 2.24) is 0 Å². The van der Waals surface area contributed by atoms with Crippen molar-refractivity contribution in [3.63, 3.8) is 0 Å². The van der Waals surface area contributed by atoms with Crippen LogP contribution in [-0.2, 0) is 11.2 Å². The Labute approximate surface area is 178 Å². The molecule has 2 nitrogen and oxygen atoms in total. The number of hydrogen-bond donors (Lipinski definition) is 0. The third-order valence-corrected chi connectivity index (χ3v) is 5.20. The zero-order valence-electron chi connectivity index (χ0n) is 17.8. The third kappa shape index (κ3) is 5.56. The summed E-state index contributed by atoms with van der Waals surface area (Å²) in [6, 6.07) is 21.4. The molecule has 0 radical (unpaired) electrons. The van der Waals surface area contributed by atoms with E-state index in [1.807, 2.05) is 31.2 Å². The van der Waals surface area contributed by atoms with Gasteiger partial charge in [0.2, 0.25) is 0 Å². The summed E-state index contributed by atoms with van der Waals surface area (Å²) in [4.78, 5) is 11.9. The van der Waals surface area contributed by atoms with Crippen molar-refractivity contribution in [2.75, 3.05) is 6.61 Å². The number of unbranched alkanes of at least 4 members (excludes halogenated alkanes) is 2. The maximum absolute atomic E-state index is 14.4. The van der Waals surface area contributed by atoms with Gasteiger partial charge in [-0.15, -0.1) is 0 Å². The lowest BCUT2D eigenvalue weighted by atomic mass is 9.98. The van der Waals surface area contributed by atoms with E-state index < -0.39 is 11.8 Å². The van der Waals surface area contributed by atoms with Gasteiger partial charge in [-0.05, 0) is 59.2 Å². The number of carbonyl (C=O) groups excluding carboxylic acids is 1. The Kier molecular flexibility index (Phi) is 7.78. The molecule has 156 valence electrons. The fourth-order valence-corrected chi connectivity index (χ4v) is 3.43. The van der Waals surface area contributed by atoms with Gasteiger partial charge in [0.1, 0.15) is 5.82 Å². The van der Waals surface area contributed by atoms with E-state index in [4.69, 9.17) is 4.74 Å². The van der Waals surface area contributed by atoms with Crippen LogP contribution >= 0.6 is 0 Å². The summed E-state index contributed by atoms with van der Waals surface area (Å²) in [6.07, 6.45) is 5.57. The molecule has 0 heterocycles. The monoisotopic (exact) mass is 404 g/mol. The van der Waals surface area contributed by atoms with E-state index in [-0.39, 0.29) is 5.56 Å². The van der Waals surface area contributed by atoms with Crippen molar-refractivity contribution in [3.05, 3.63) is 83.7 Å². The molecule has 0 saturated heterocycles. The predicted molar refractivity (Wildman–Crippen MR) is 121 cm³/mol. The molecular weight excluding hydrogens is 375 g/mol. The van der Waals surface area contributed by atoms with Gasteiger partial charge in [-0.1, -0.05) is 81.3 Å². The SMILES string of the molecule is CCCCCc1ccc(-c2ccc(-c3ccc(C(=O)OCCC)c(F)c3)cc2)cc1. The molecule has 0 N–H and O–H groups in total. The molecule has 0 fully saturated rings. The molecule has 3 aromatic rings. The second-order valence-electron chi connectivity index (χ2n) is 7.56. The van der Waals surface area contributed by atoms with Gasteiger partial charge in [0.25, 0.3) is 0 Å². The molecule has 0 aromatic heterocycles. The van der Waals surface area contributed by atoms with E-state index in [0.717, 1.165) is 23.1 Å². The highest BCUT2D eigenvalue weighted by Gasteiger charge is 2.14. The Morgan fingerprint density at radius 1 is 0.767 bits per heavy atom. The molecule has 0 saturated carbocycles. The molecule has 0 unspecified atom stereocenters. The van der Waals surface area contributed by atoms with Crippen LogP contribution in [0.2, 0.25) is 0 Å². The van der Waals surface area contributed by atoms with Gasteiger partial charge in [0.15, 0.2) is 0 Å².